The van der Waals surface area contributed by atoms with Gasteiger partial charge in [-0.1, -0.05) is 36.4 Å². The third-order valence-corrected chi connectivity index (χ3v) is 7.07. The van der Waals surface area contributed by atoms with Gasteiger partial charge in [0.2, 0.25) is 0 Å². The van der Waals surface area contributed by atoms with Crippen molar-refractivity contribution in [3.8, 4) is 11.5 Å². The van der Waals surface area contributed by atoms with Crippen LogP contribution >= 0.6 is 11.8 Å². The van der Waals surface area contributed by atoms with Gasteiger partial charge in [-0.3, -0.25) is 4.99 Å². The molecule has 2 aromatic rings. The maximum absolute atomic E-state index is 5.72. The van der Waals surface area contributed by atoms with Gasteiger partial charge < -0.3 is 9.47 Å². The number of rotatable bonds is 4. The Hall–Kier alpha value is -2.46. The van der Waals surface area contributed by atoms with Gasteiger partial charge in [0.1, 0.15) is 11.5 Å². The summed E-state index contributed by atoms with van der Waals surface area (Å²) in [6, 6.07) is 14.6. The predicted molar refractivity (Wildman–Crippen MR) is 115 cm³/mol. The van der Waals surface area contributed by atoms with Crippen molar-refractivity contribution in [1.29, 1.82) is 0 Å². The lowest BCUT2D eigenvalue weighted by Crippen LogP contribution is -2.11. The van der Waals surface area contributed by atoms with Gasteiger partial charge >= 0.3 is 0 Å². The fourth-order valence-electron chi connectivity index (χ4n) is 4.17. The highest BCUT2D eigenvalue weighted by atomic mass is 32.2. The molecular formula is C24H23NO2S. The van der Waals surface area contributed by atoms with E-state index in [0.717, 1.165) is 23.6 Å². The maximum Gasteiger partial charge on any atom is 0.126 e. The van der Waals surface area contributed by atoms with Gasteiger partial charge in [-0.15, -0.1) is 11.8 Å². The fraction of sp³-hybridized carbons (Fsp3) is 0.292. The van der Waals surface area contributed by atoms with Gasteiger partial charge in [-0.05, 0) is 42.0 Å². The lowest BCUT2D eigenvalue weighted by atomic mass is 9.94. The van der Waals surface area contributed by atoms with Crippen LogP contribution in [0.2, 0.25) is 0 Å². The van der Waals surface area contributed by atoms with E-state index in [1.54, 1.807) is 14.2 Å². The average Bonchev–Trinajstić information content (AvgIpc) is 3.55. The second kappa shape index (κ2) is 7.17. The Balaban J connectivity index is 1.58. The molecule has 5 rings (SSSR count). The average molecular weight is 390 g/mol. The first-order valence-electron chi connectivity index (χ1n) is 9.70. The summed E-state index contributed by atoms with van der Waals surface area (Å²) in [5.41, 5.74) is 4.90. The van der Waals surface area contributed by atoms with Gasteiger partial charge in [0.05, 0.1) is 19.9 Å². The number of nitrogens with zero attached hydrogens (tertiary/aromatic N) is 1. The molecule has 3 atom stereocenters. The van der Waals surface area contributed by atoms with Crippen molar-refractivity contribution in [2.75, 3.05) is 14.2 Å². The highest BCUT2D eigenvalue weighted by molar-refractivity contribution is 7.99. The van der Waals surface area contributed by atoms with Crippen LogP contribution in [-0.4, -0.2) is 19.9 Å². The summed E-state index contributed by atoms with van der Waals surface area (Å²) < 4.78 is 11.1. The first kappa shape index (κ1) is 17.6. The number of benzene rings is 2. The predicted octanol–water partition coefficient (Wildman–Crippen LogP) is 6.15. The molecule has 4 heteroatoms. The van der Waals surface area contributed by atoms with Crippen molar-refractivity contribution in [2.45, 2.75) is 23.0 Å². The number of fused-ring (bicyclic) bond motifs is 2. The van der Waals surface area contributed by atoms with Crippen LogP contribution in [-0.2, 0) is 0 Å². The Labute approximate surface area is 170 Å². The summed E-state index contributed by atoms with van der Waals surface area (Å²) in [7, 11) is 3.41. The number of methoxy groups -OCH3 is 2. The van der Waals surface area contributed by atoms with Crippen molar-refractivity contribution in [3.63, 3.8) is 0 Å². The molecule has 0 spiro atoms. The summed E-state index contributed by atoms with van der Waals surface area (Å²) >= 11 is 1.88. The van der Waals surface area contributed by atoms with E-state index >= 15 is 0 Å². The summed E-state index contributed by atoms with van der Waals surface area (Å²) in [5.74, 6) is 3.05. The summed E-state index contributed by atoms with van der Waals surface area (Å²) in [4.78, 5) is 6.35. The molecule has 3 unspecified atom stereocenters. The molecule has 3 nitrogen and oxygen atoms in total. The molecule has 1 heterocycles. The molecule has 0 bridgehead atoms. The third kappa shape index (κ3) is 3.16. The molecule has 1 saturated carbocycles. The molecule has 0 N–H and O–H groups in total. The Morgan fingerprint density at radius 3 is 2.82 bits per heavy atom. The van der Waals surface area contributed by atoms with E-state index < -0.39 is 0 Å². The second-order valence-electron chi connectivity index (χ2n) is 7.46. The molecule has 0 radical (unpaired) electrons. The van der Waals surface area contributed by atoms with Gasteiger partial charge in [-0.2, -0.15) is 0 Å². The zero-order valence-electron chi connectivity index (χ0n) is 16.1. The van der Waals surface area contributed by atoms with Crippen LogP contribution < -0.4 is 9.47 Å². The topological polar surface area (TPSA) is 30.8 Å². The number of hydrogen-bond acceptors (Lipinski definition) is 4. The molecular weight excluding hydrogens is 366 g/mol. The number of aliphatic imine (C=N–C) groups is 1. The summed E-state index contributed by atoms with van der Waals surface area (Å²) in [6.07, 6.45) is 8.96. The van der Waals surface area contributed by atoms with Crippen LogP contribution in [0, 0.1) is 11.8 Å². The first-order chi connectivity index (χ1) is 13.8. The van der Waals surface area contributed by atoms with Crippen LogP contribution in [0.25, 0.3) is 0 Å². The molecule has 1 aliphatic heterocycles. The number of hydrogen-bond donors (Lipinski definition) is 0. The maximum atomic E-state index is 5.72. The van der Waals surface area contributed by atoms with Crippen molar-refractivity contribution in [2.24, 2.45) is 16.8 Å². The van der Waals surface area contributed by atoms with E-state index in [9.17, 15) is 0 Å². The molecule has 0 amide bonds. The Morgan fingerprint density at radius 1 is 1.07 bits per heavy atom. The van der Waals surface area contributed by atoms with Crippen LogP contribution in [0.3, 0.4) is 0 Å². The minimum absolute atomic E-state index is 0.243. The normalized spacial score (nSPS) is 25.0. The van der Waals surface area contributed by atoms with Crippen molar-refractivity contribution < 1.29 is 9.47 Å². The molecule has 2 aromatic carbocycles. The number of para-hydroxylation sites is 1. The number of ether oxygens (including phenoxy) is 2. The SMILES string of the molecule is COc1ccc(C2CC(C3=CC=CC4CC34)=Nc3ccccc3S2)c(OC)c1. The zero-order chi connectivity index (χ0) is 19.1. The highest BCUT2D eigenvalue weighted by Gasteiger charge is 2.41. The smallest absolute Gasteiger partial charge is 0.126 e. The first-order valence-corrected chi connectivity index (χ1v) is 10.6. The molecule has 2 aliphatic carbocycles. The van der Waals surface area contributed by atoms with Crippen LogP contribution in [0.4, 0.5) is 5.69 Å². The summed E-state index contributed by atoms with van der Waals surface area (Å²) in [6.45, 7) is 0. The van der Waals surface area contributed by atoms with E-state index in [1.807, 2.05) is 23.9 Å². The Kier molecular flexibility index (Phi) is 4.52. The van der Waals surface area contributed by atoms with E-state index in [-0.39, 0.29) is 5.25 Å². The lowest BCUT2D eigenvalue weighted by molar-refractivity contribution is 0.391. The quantitative estimate of drug-likeness (QED) is 0.629. The van der Waals surface area contributed by atoms with Gasteiger partial charge in [0.25, 0.3) is 0 Å². The van der Waals surface area contributed by atoms with E-state index in [2.05, 4.69) is 48.6 Å². The number of thioether (sulfide) groups is 1. The minimum Gasteiger partial charge on any atom is -0.497 e. The van der Waals surface area contributed by atoms with E-state index in [0.29, 0.717) is 11.8 Å². The molecule has 142 valence electrons. The molecule has 1 fully saturated rings. The largest absolute Gasteiger partial charge is 0.497 e. The van der Waals surface area contributed by atoms with Crippen LogP contribution in [0.5, 0.6) is 11.5 Å². The Morgan fingerprint density at radius 2 is 1.96 bits per heavy atom. The highest BCUT2D eigenvalue weighted by Crippen LogP contribution is 2.52. The van der Waals surface area contributed by atoms with Gasteiger partial charge in [0, 0.05) is 33.9 Å². The van der Waals surface area contributed by atoms with Gasteiger partial charge in [-0.25, -0.2) is 0 Å². The third-order valence-electron chi connectivity index (χ3n) is 5.76. The van der Waals surface area contributed by atoms with E-state index in [4.69, 9.17) is 14.5 Å². The number of allylic oxidation sites excluding steroid dienone is 4. The standard InChI is InChI=1S/C24H23NO2S/c1-26-16-10-11-18(22(13-16)27-2)24-14-21(17-7-5-6-15-12-19(15)17)25-20-8-3-4-9-23(20)28-24/h3-11,13,15,19,24H,12,14H2,1-2H3. The van der Waals surface area contributed by atoms with Crippen molar-refractivity contribution in [3.05, 3.63) is 71.8 Å². The zero-order valence-corrected chi connectivity index (χ0v) is 16.9. The fourth-order valence-corrected chi connectivity index (χ4v) is 5.43. The molecule has 0 saturated heterocycles. The van der Waals surface area contributed by atoms with Crippen molar-refractivity contribution >= 4 is 23.2 Å². The summed E-state index contributed by atoms with van der Waals surface area (Å²) in [5, 5.41) is 0.243. The van der Waals surface area contributed by atoms with E-state index in [1.165, 1.54) is 28.2 Å². The van der Waals surface area contributed by atoms with Crippen LogP contribution in [0.15, 0.2) is 76.2 Å². The van der Waals surface area contributed by atoms with Crippen LogP contribution in [0.1, 0.15) is 23.7 Å². The lowest BCUT2D eigenvalue weighted by Gasteiger charge is -2.20. The monoisotopic (exact) mass is 389 g/mol. The van der Waals surface area contributed by atoms with Crippen molar-refractivity contribution in [1.82, 2.24) is 0 Å². The van der Waals surface area contributed by atoms with Gasteiger partial charge in [0.15, 0.2) is 0 Å². The minimum atomic E-state index is 0.243. The second-order valence-corrected chi connectivity index (χ2v) is 8.70. The molecule has 28 heavy (non-hydrogen) atoms. The molecule has 3 aliphatic rings. The molecule has 0 aromatic heterocycles. The Bertz CT molecular complexity index is 1010.